The Hall–Kier alpha value is -3.67. The van der Waals surface area contributed by atoms with Crippen molar-refractivity contribution in [2.75, 3.05) is 0 Å². The number of nitrogens with two attached hydrogens (primary N) is 1. The number of nitrogens with one attached hydrogen (secondary N) is 1. The molecule has 27 heavy (non-hydrogen) atoms. The standard InChI is InChI=1S/C21H19N3O3/c22-20(25)17-5-3-15(4-6-17)13-24-21(26)18-7-9-19(10-8-18)27-14-16-2-1-11-23-12-16/h1-12H,13-14H2,(H2,22,25)(H,24,26). The summed E-state index contributed by atoms with van der Waals surface area (Å²) in [4.78, 5) is 27.3. The maximum Gasteiger partial charge on any atom is 0.251 e. The van der Waals surface area contributed by atoms with E-state index in [2.05, 4.69) is 10.3 Å². The molecule has 6 heteroatoms. The molecule has 2 amide bonds. The van der Waals surface area contributed by atoms with Gasteiger partial charge in [-0.25, -0.2) is 0 Å². The molecule has 0 spiro atoms. The Bertz CT molecular complexity index is 908. The third kappa shape index (κ3) is 5.15. The normalized spacial score (nSPS) is 10.2. The lowest BCUT2D eigenvalue weighted by Crippen LogP contribution is -2.22. The van der Waals surface area contributed by atoms with Crippen LogP contribution in [0.25, 0.3) is 0 Å². The van der Waals surface area contributed by atoms with E-state index in [0.29, 0.717) is 30.0 Å². The summed E-state index contributed by atoms with van der Waals surface area (Å²) in [6.45, 7) is 0.776. The molecule has 136 valence electrons. The molecule has 0 aliphatic heterocycles. The number of ether oxygens (including phenoxy) is 1. The van der Waals surface area contributed by atoms with Crippen molar-refractivity contribution in [3.05, 3.63) is 95.3 Å². The minimum absolute atomic E-state index is 0.187. The number of carbonyl (C=O) groups is 2. The number of aromatic nitrogens is 1. The van der Waals surface area contributed by atoms with Crippen LogP contribution in [0.2, 0.25) is 0 Å². The summed E-state index contributed by atoms with van der Waals surface area (Å²) in [6, 6.07) is 17.5. The molecule has 0 radical (unpaired) electrons. The van der Waals surface area contributed by atoms with Gasteiger partial charge in [-0.15, -0.1) is 0 Å². The van der Waals surface area contributed by atoms with Crippen LogP contribution >= 0.6 is 0 Å². The molecule has 3 rings (SSSR count). The Balaban J connectivity index is 1.51. The van der Waals surface area contributed by atoms with E-state index >= 15 is 0 Å². The fourth-order valence-corrected chi connectivity index (χ4v) is 2.42. The third-order valence-electron chi connectivity index (χ3n) is 3.94. The second-order valence-electron chi connectivity index (χ2n) is 5.92. The molecule has 0 unspecified atom stereocenters. The van der Waals surface area contributed by atoms with Crippen molar-refractivity contribution in [3.8, 4) is 5.75 Å². The Morgan fingerprint density at radius 2 is 1.63 bits per heavy atom. The van der Waals surface area contributed by atoms with Gasteiger partial charge in [-0.05, 0) is 48.0 Å². The number of benzene rings is 2. The average Bonchev–Trinajstić information content (AvgIpc) is 2.72. The molecule has 2 aromatic carbocycles. The summed E-state index contributed by atoms with van der Waals surface area (Å²) in [5, 5.41) is 2.84. The van der Waals surface area contributed by atoms with E-state index in [4.69, 9.17) is 10.5 Å². The molecule has 1 heterocycles. The van der Waals surface area contributed by atoms with Crippen LogP contribution in [0.1, 0.15) is 31.8 Å². The quantitative estimate of drug-likeness (QED) is 0.676. The Morgan fingerprint density at radius 3 is 2.26 bits per heavy atom. The van der Waals surface area contributed by atoms with Crippen molar-refractivity contribution in [2.45, 2.75) is 13.2 Å². The number of rotatable bonds is 7. The lowest BCUT2D eigenvalue weighted by Gasteiger charge is -2.08. The van der Waals surface area contributed by atoms with Crippen molar-refractivity contribution < 1.29 is 14.3 Å². The fourth-order valence-electron chi connectivity index (χ4n) is 2.42. The van der Waals surface area contributed by atoms with Gasteiger partial charge in [0.2, 0.25) is 5.91 Å². The molecule has 0 aliphatic carbocycles. The molecule has 3 N–H and O–H groups in total. The van der Waals surface area contributed by atoms with Crippen molar-refractivity contribution >= 4 is 11.8 Å². The topological polar surface area (TPSA) is 94.3 Å². The molecular formula is C21H19N3O3. The molecule has 6 nitrogen and oxygen atoms in total. The molecule has 0 atom stereocenters. The predicted molar refractivity (Wildman–Crippen MR) is 101 cm³/mol. The van der Waals surface area contributed by atoms with Gasteiger partial charge in [0.25, 0.3) is 5.91 Å². The van der Waals surface area contributed by atoms with E-state index in [0.717, 1.165) is 11.1 Å². The van der Waals surface area contributed by atoms with Crippen LogP contribution in [0.15, 0.2) is 73.1 Å². The number of carbonyl (C=O) groups excluding carboxylic acids is 2. The summed E-state index contributed by atoms with van der Waals surface area (Å²) < 4.78 is 5.68. The van der Waals surface area contributed by atoms with Gasteiger partial charge in [-0.2, -0.15) is 0 Å². The third-order valence-corrected chi connectivity index (χ3v) is 3.94. The van der Waals surface area contributed by atoms with Crippen molar-refractivity contribution in [1.82, 2.24) is 10.3 Å². The molecule has 0 bridgehead atoms. The Morgan fingerprint density at radius 1 is 0.926 bits per heavy atom. The zero-order valence-electron chi connectivity index (χ0n) is 14.6. The van der Waals surface area contributed by atoms with Crippen LogP contribution in [-0.4, -0.2) is 16.8 Å². The van der Waals surface area contributed by atoms with E-state index < -0.39 is 5.91 Å². The second kappa shape index (κ2) is 8.62. The van der Waals surface area contributed by atoms with Gasteiger partial charge >= 0.3 is 0 Å². The van der Waals surface area contributed by atoms with Crippen molar-refractivity contribution in [3.63, 3.8) is 0 Å². The van der Waals surface area contributed by atoms with E-state index in [1.165, 1.54) is 0 Å². The first kappa shape index (κ1) is 18.1. The van der Waals surface area contributed by atoms with Gasteiger partial charge in [-0.3, -0.25) is 14.6 Å². The van der Waals surface area contributed by atoms with Crippen molar-refractivity contribution in [2.24, 2.45) is 5.73 Å². The summed E-state index contributed by atoms with van der Waals surface area (Å²) in [5.41, 5.74) is 8.04. The van der Waals surface area contributed by atoms with Gasteiger partial charge in [0.15, 0.2) is 0 Å². The number of amides is 2. The van der Waals surface area contributed by atoms with Crippen LogP contribution in [0.4, 0.5) is 0 Å². The number of nitrogens with zero attached hydrogens (tertiary/aromatic N) is 1. The Kier molecular flexibility index (Phi) is 5.79. The maximum atomic E-state index is 12.2. The smallest absolute Gasteiger partial charge is 0.251 e. The number of hydrogen-bond acceptors (Lipinski definition) is 4. The van der Waals surface area contributed by atoms with Crippen LogP contribution < -0.4 is 15.8 Å². The highest BCUT2D eigenvalue weighted by atomic mass is 16.5. The van der Waals surface area contributed by atoms with Gasteiger partial charge in [0, 0.05) is 35.6 Å². The zero-order valence-corrected chi connectivity index (χ0v) is 14.6. The molecule has 3 aromatic rings. The molecule has 0 saturated carbocycles. The van der Waals surface area contributed by atoms with Crippen molar-refractivity contribution in [1.29, 1.82) is 0 Å². The number of primary amides is 1. The molecule has 0 fully saturated rings. The minimum Gasteiger partial charge on any atom is -0.489 e. The SMILES string of the molecule is NC(=O)c1ccc(CNC(=O)c2ccc(OCc3cccnc3)cc2)cc1. The van der Waals surface area contributed by atoms with Gasteiger partial charge in [0.05, 0.1) is 0 Å². The summed E-state index contributed by atoms with van der Waals surface area (Å²) in [6.07, 6.45) is 3.46. The highest BCUT2D eigenvalue weighted by molar-refractivity contribution is 5.94. The van der Waals surface area contributed by atoms with Crippen LogP contribution in [0, 0.1) is 0 Å². The first-order chi connectivity index (χ1) is 13.1. The van der Waals surface area contributed by atoms with Gasteiger partial charge in [-0.1, -0.05) is 18.2 Å². The van der Waals surface area contributed by atoms with Gasteiger partial charge in [0.1, 0.15) is 12.4 Å². The predicted octanol–water partition coefficient (Wildman–Crippen LogP) is 2.69. The van der Waals surface area contributed by atoms with Crippen LogP contribution in [0.3, 0.4) is 0 Å². The summed E-state index contributed by atoms with van der Waals surface area (Å²) in [7, 11) is 0. The molecule has 1 aromatic heterocycles. The summed E-state index contributed by atoms with van der Waals surface area (Å²) in [5.74, 6) is 0.0154. The summed E-state index contributed by atoms with van der Waals surface area (Å²) >= 11 is 0. The van der Waals surface area contributed by atoms with E-state index in [-0.39, 0.29) is 5.91 Å². The largest absolute Gasteiger partial charge is 0.489 e. The van der Waals surface area contributed by atoms with Crippen LogP contribution in [0.5, 0.6) is 5.75 Å². The zero-order chi connectivity index (χ0) is 19.1. The molecule has 0 aliphatic rings. The van der Waals surface area contributed by atoms with E-state index in [1.807, 2.05) is 12.1 Å². The van der Waals surface area contributed by atoms with E-state index in [9.17, 15) is 9.59 Å². The minimum atomic E-state index is -0.476. The second-order valence-corrected chi connectivity index (χ2v) is 5.92. The fraction of sp³-hybridized carbons (Fsp3) is 0.0952. The first-order valence-corrected chi connectivity index (χ1v) is 8.40. The van der Waals surface area contributed by atoms with Crippen LogP contribution in [-0.2, 0) is 13.2 Å². The first-order valence-electron chi connectivity index (χ1n) is 8.40. The van der Waals surface area contributed by atoms with Gasteiger partial charge < -0.3 is 15.8 Å². The molecular weight excluding hydrogens is 342 g/mol. The highest BCUT2D eigenvalue weighted by Crippen LogP contribution is 2.14. The number of hydrogen-bond donors (Lipinski definition) is 2. The molecule has 0 saturated heterocycles. The lowest BCUT2D eigenvalue weighted by atomic mass is 10.1. The maximum absolute atomic E-state index is 12.2. The highest BCUT2D eigenvalue weighted by Gasteiger charge is 2.06. The monoisotopic (exact) mass is 361 g/mol. The Labute approximate surface area is 157 Å². The lowest BCUT2D eigenvalue weighted by molar-refractivity contribution is 0.0949. The number of pyridine rings is 1. The average molecular weight is 361 g/mol. The van der Waals surface area contributed by atoms with E-state index in [1.54, 1.807) is 60.9 Å².